The number of pyridine rings is 1. The second-order valence-electron chi connectivity index (χ2n) is 9.47. The van der Waals surface area contributed by atoms with Gasteiger partial charge in [-0.25, -0.2) is 14.4 Å². The number of morpholine rings is 1. The summed E-state index contributed by atoms with van der Waals surface area (Å²) in [5.41, 5.74) is 3.12. The third-order valence-corrected chi connectivity index (χ3v) is 6.34. The SMILES string of the molecule is CC(C)(C)n1cnc(C(=O)Nc2cc(-c3cc(N4CCOCC4)c4nccn4c3)c(Cl)cc2F)c1. The molecule has 0 spiro atoms. The molecule has 1 N–H and O–H groups in total. The van der Waals surface area contributed by atoms with Crippen molar-refractivity contribution >= 4 is 34.5 Å². The number of aromatic nitrogens is 4. The molecule has 1 fully saturated rings. The Balaban J connectivity index is 1.51. The average Bonchev–Trinajstić information content (AvgIpc) is 3.50. The fourth-order valence-electron chi connectivity index (χ4n) is 4.06. The molecule has 1 saturated heterocycles. The van der Waals surface area contributed by atoms with Crippen LogP contribution in [0.4, 0.5) is 15.8 Å². The van der Waals surface area contributed by atoms with Crippen LogP contribution < -0.4 is 10.2 Å². The third kappa shape index (κ3) is 4.61. The highest BCUT2D eigenvalue weighted by Gasteiger charge is 2.21. The Labute approximate surface area is 207 Å². The molecule has 5 rings (SSSR count). The number of carbonyl (C=O) groups is 1. The number of imidazole rings is 2. The summed E-state index contributed by atoms with van der Waals surface area (Å²) >= 11 is 6.48. The molecule has 35 heavy (non-hydrogen) atoms. The molecule has 0 saturated carbocycles. The van der Waals surface area contributed by atoms with Crippen LogP contribution in [0.15, 0.2) is 49.3 Å². The summed E-state index contributed by atoms with van der Waals surface area (Å²) in [4.78, 5) is 23.7. The minimum Gasteiger partial charge on any atom is -0.378 e. The fraction of sp³-hybridized carbons (Fsp3) is 0.320. The van der Waals surface area contributed by atoms with Crippen molar-refractivity contribution < 1.29 is 13.9 Å². The van der Waals surface area contributed by atoms with Gasteiger partial charge in [-0.15, -0.1) is 0 Å². The molecule has 8 nitrogen and oxygen atoms in total. The van der Waals surface area contributed by atoms with Gasteiger partial charge < -0.3 is 23.9 Å². The maximum absolute atomic E-state index is 14.8. The van der Waals surface area contributed by atoms with Crippen molar-refractivity contribution in [2.45, 2.75) is 26.3 Å². The van der Waals surface area contributed by atoms with E-state index in [0.29, 0.717) is 18.8 Å². The van der Waals surface area contributed by atoms with Gasteiger partial charge >= 0.3 is 0 Å². The summed E-state index contributed by atoms with van der Waals surface area (Å²) in [5.74, 6) is -1.13. The second kappa shape index (κ2) is 8.98. The van der Waals surface area contributed by atoms with Crippen molar-refractivity contribution in [3.05, 3.63) is 65.8 Å². The van der Waals surface area contributed by atoms with Crippen molar-refractivity contribution in [2.24, 2.45) is 0 Å². The highest BCUT2D eigenvalue weighted by atomic mass is 35.5. The standard InChI is InChI=1S/C25H26ClFN6O2/c1-25(2,3)33-14-21(29-15-33)24(34)30-20-11-17(18(26)12-19(20)27)16-10-22(31-6-8-35-9-7-31)23-28-4-5-32(23)13-16/h4-5,10-15H,6-9H2,1-3H3,(H,30,34). The van der Waals surface area contributed by atoms with Gasteiger partial charge in [0, 0.05) is 54.5 Å². The summed E-state index contributed by atoms with van der Waals surface area (Å²) in [6, 6.07) is 4.76. The lowest BCUT2D eigenvalue weighted by molar-refractivity contribution is 0.102. The maximum atomic E-state index is 14.8. The molecular weight excluding hydrogens is 471 g/mol. The van der Waals surface area contributed by atoms with E-state index in [2.05, 4.69) is 20.2 Å². The van der Waals surface area contributed by atoms with Gasteiger partial charge in [0.1, 0.15) is 11.5 Å². The van der Waals surface area contributed by atoms with Crippen molar-refractivity contribution in [3.63, 3.8) is 0 Å². The normalized spacial score (nSPS) is 14.5. The zero-order chi connectivity index (χ0) is 24.7. The predicted octanol–water partition coefficient (Wildman–Crippen LogP) is 4.83. The number of hydrogen-bond donors (Lipinski definition) is 1. The number of carbonyl (C=O) groups excluding carboxylic acids is 1. The van der Waals surface area contributed by atoms with Gasteiger partial charge in [0.15, 0.2) is 5.65 Å². The summed E-state index contributed by atoms with van der Waals surface area (Å²) in [7, 11) is 0. The number of fused-ring (bicyclic) bond motifs is 1. The average molecular weight is 497 g/mol. The van der Waals surface area contributed by atoms with Crippen LogP contribution in [0.2, 0.25) is 5.02 Å². The smallest absolute Gasteiger partial charge is 0.275 e. The molecule has 0 unspecified atom stereocenters. The van der Waals surface area contributed by atoms with Crippen LogP contribution in [0.3, 0.4) is 0 Å². The summed E-state index contributed by atoms with van der Waals surface area (Å²) in [6.07, 6.45) is 8.71. The fourth-order valence-corrected chi connectivity index (χ4v) is 4.32. The van der Waals surface area contributed by atoms with Gasteiger partial charge in [-0.1, -0.05) is 11.6 Å². The van der Waals surface area contributed by atoms with E-state index in [4.69, 9.17) is 16.3 Å². The quantitative estimate of drug-likeness (QED) is 0.438. The van der Waals surface area contributed by atoms with Crippen LogP contribution in [0, 0.1) is 5.82 Å². The first-order valence-electron chi connectivity index (χ1n) is 11.4. The highest BCUT2D eigenvalue weighted by molar-refractivity contribution is 6.33. The largest absolute Gasteiger partial charge is 0.378 e. The highest BCUT2D eigenvalue weighted by Crippen LogP contribution is 2.36. The number of amides is 1. The van der Waals surface area contributed by atoms with Gasteiger partial charge in [0.25, 0.3) is 5.91 Å². The summed E-state index contributed by atoms with van der Waals surface area (Å²) < 4.78 is 24.1. The Morgan fingerprint density at radius 3 is 2.63 bits per heavy atom. The zero-order valence-electron chi connectivity index (χ0n) is 19.8. The molecule has 4 heterocycles. The van der Waals surface area contributed by atoms with Gasteiger partial charge in [-0.05, 0) is 39.0 Å². The van der Waals surface area contributed by atoms with Gasteiger partial charge in [0.2, 0.25) is 0 Å². The molecule has 3 aromatic heterocycles. The number of nitrogens with zero attached hydrogens (tertiary/aromatic N) is 5. The first kappa shape index (κ1) is 23.3. The molecule has 4 aromatic rings. The van der Waals surface area contributed by atoms with E-state index >= 15 is 0 Å². The maximum Gasteiger partial charge on any atom is 0.275 e. The number of halogens is 2. The van der Waals surface area contributed by atoms with Crippen molar-refractivity contribution in [1.82, 2.24) is 18.9 Å². The number of hydrogen-bond acceptors (Lipinski definition) is 5. The predicted molar refractivity (Wildman–Crippen MR) is 134 cm³/mol. The van der Waals surface area contributed by atoms with Crippen molar-refractivity contribution in [1.29, 1.82) is 0 Å². The van der Waals surface area contributed by atoms with E-state index in [0.717, 1.165) is 30.0 Å². The van der Waals surface area contributed by atoms with Crippen LogP contribution >= 0.6 is 11.6 Å². The van der Waals surface area contributed by atoms with Crippen LogP contribution in [0.5, 0.6) is 0 Å². The summed E-state index contributed by atoms with van der Waals surface area (Å²) in [6.45, 7) is 8.76. The number of ether oxygens (including phenoxy) is 1. The van der Waals surface area contributed by atoms with Crippen LogP contribution in [-0.2, 0) is 10.3 Å². The van der Waals surface area contributed by atoms with Gasteiger partial charge in [-0.2, -0.15) is 0 Å². The van der Waals surface area contributed by atoms with E-state index in [1.165, 1.54) is 6.07 Å². The number of benzene rings is 1. The van der Waals surface area contributed by atoms with E-state index in [-0.39, 0.29) is 21.9 Å². The minimum absolute atomic E-state index is 0.0263. The summed E-state index contributed by atoms with van der Waals surface area (Å²) in [5, 5.41) is 2.88. The van der Waals surface area contributed by atoms with Gasteiger partial charge in [0.05, 0.1) is 35.9 Å². The first-order chi connectivity index (χ1) is 16.7. The molecule has 1 aliphatic rings. The molecule has 0 radical (unpaired) electrons. The third-order valence-electron chi connectivity index (χ3n) is 6.03. The molecule has 0 atom stereocenters. The first-order valence-corrected chi connectivity index (χ1v) is 11.7. The van der Waals surface area contributed by atoms with Crippen molar-refractivity contribution in [3.8, 4) is 11.1 Å². The van der Waals surface area contributed by atoms with E-state index in [9.17, 15) is 9.18 Å². The van der Waals surface area contributed by atoms with E-state index in [1.54, 1.807) is 24.8 Å². The topological polar surface area (TPSA) is 76.7 Å². The Bertz CT molecular complexity index is 1400. The number of nitrogens with one attached hydrogen (secondary N) is 1. The molecule has 10 heteroatoms. The lowest BCUT2D eigenvalue weighted by Gasteiger charge is -2.29. The van der Waals surface area contributed by atoms with E-state index < -0.39 is 11.7 Å². The Hall–Kier alpha value is -3.43. The van der Waals surface area contributed by atoms with Crippen LogP contribution in [0.1, 0.15) is 31.3 Å². The molecule has 1 aliphatic heterocycles. The van der Waals surface area contributed by atoms with Crippen LogP contribution in [-0.4, -0.2) is 51.1 Å². The second-order valence-corrected chi connectivity index (χ2v) is 9.88. The lowest BCUT2D eigenvalue weighted by Crippen LogP contribution is -2.36. The number of anilines is 2. The molecule has 1 aromatic carbocycles. The van der Waals surface area contributed by atoms with Crippen molar-refractivity contribution in [2.75, 3.05) is 36.5 Å². The lowest BCUT2D eigenvalue weighted by atomic mass is 10.1. The molecule has 0 bridgehead atoms. The van der Waals surface area contributed by atoms with Gasteiger partial charge in [-0.3, -0.25) is 4.79 Å². The Morgan fingerprint density at radius 1 is 1.14 bits per heavy atom. The molecule has 0 aliphatic carbocycles. The Morgan fingerprint density at radius 2 is 1.91 bits per heavy atom. The molecule has 182 valence electrons. The Kier molecular flexibility index (Phi) is 5.98. The zero-order valence-corrected chi connectivity index (χ0v) is 20.5. The number of rotatable bonds is 4. The molecular formula is C25H26ClFN6O2. The minimum atomic E-state index is -0.625. The van der Waals surface area contributed by atoms with E-state index in [1.807, 2.05) is 48.2 Å². The molecule has 1 amide bonds. The van der Waals surface area contributed by atoms with Crippen LogP contribution in [0.25, 0.3) is 16.8 Å². The monoisotopic (exact) mass is 496 g/mol.